The molecule has 0 aliphatic heterocycles. The average molecular weight is 384 g/mol. The van der Waals surface area contributed by atoms with Crippen LogP contribution in [0.1, 0.15) is 39.5 Å². The number of alkyl halides is 1. The van der Waals surface area contributed by atoms with Gasteiger partial charge in [0.25, 0.3) is 5.91 Å². The Morgan fingerprint density at radius 1 is 1.30 bits per heavy atom. The normalized spacial score (nSPS) is 24.2. The monoisotopic (exact) mass is 383 g/mol. The molecule has 0 heterocycles. The summed E-state index contributed by atoms with van der Waals surface area (Å²) in [5.74, 6) is 1.44. The SMILES string of the molecule is CCOC1(C(=O)Nc2ccc(OCCBr)cc2)CCC(C)CC1. The standard InChI is InChI=1S/C18H26BrNO3/c1-3-23-18(10-8-14(2)9-11-18)17(21)20-15-4-6-16(7-5-15)22-13-12-19/h4-7,14H,3,8-13H2,1-2H3,(H,20,21). The first-order valence-corrected chi connectivity index (χ1v) is 9.46. The minimum atomic E-state index is -0.674. The Labute approximate surface area is 147 Å². The van der Waals surface area contributed by atoms with Gasteiger partial charge in [-0.1, -0.05) is 22.9 Å². The molecule has 1 saturated carbocycles. The van der Waals surface area contributed by atoms with Crippen LogP contribution in [0.4, 0.5) is 5.69 Å². The van der Waals surface area contributed by atoms with E-state index in [-0.39, 0.29) is 5.91 Å². The van der Waals surface area contributed by atoms with Gasteiger partial charge in [-0.05, 0) is 62.8 Å². The Kier molecular flexibility index (Phi) is 6.90. The number of hydrogen-bond acceptors (Lipinski definition) is 3. The molecule has 128 valence electrons. The molecule has 1 amide bonds. The molecule has 23 heavy (non-hydrogen) atoms. The number of benzene rings is 1. The molecule has 4 nitrogen and oxygen atoms in total. The van der Waals surface area contributed by atoms with Crippen molar-refractivity contribution in [3.05, 3.63) is 24.3 Å². The summed E-state index contributed by atoms with van der Waals surface area (Å²) in [6.45, 7) is 5.36. The highest BCUT2D eigenvalue weighted by molar-refractivity contribution is 9.09. The molecule has 1 aromatic rings. The summed E-state index contributed by atoms with van der Waals surface area (Å²) in [6.07, 6.45) is 3.65. The van der Waals surface area contributed by atoms with Gasteiger partial charge in [-0.2, -0.15) is 0 Å². The van der Waals surface area contributed by atoms with Crippen LogP contribution in [0.25, 0.3) is 0 Å². The van der Waals surface area contributed by atoms with Gasteiger partial charge in [0.2, 0.25) is 0 Å². The zero-order chi connectivity index (χ0) is 16.7. The van der Waals surface area contributed by atoms with E-state index in [0.29, 0.717) is 19.1 Å². The van der Waals surface area contributed by atoms with E-state index >= 15 is 0 Å². The second kappa shape index (κ2) is 8.69. The molecule has 0 unspecified atom stereocenters. The van der Waals surface area contributed by atoms with E-state index in [1.165, 1.54) is 0 Å². The lowest BCUT2D eigenvalue weighted by atomic mass is 9.78. The first kappa shape index (κ1) is 18.3. The highest BCUT2D eigenvalue weighted by Gasteiger charge is 2.41. The van der Waals surface area contributed by atoms with Gasteiger partial charge < -0.3 is 14.8 Å². The third-order valence-corrected chi connectivity index (χ3v) is 4.70. The lowest BCUT2D eigenvalue weighted by Gasteiger charge is -2.37. The second-order valence-corrected chi connectivity index (χ2v) is 6.92. The van der Waals surface area contributed by atoms with Crippen LogP contribution in [0, 0.1) is 5.92 Å². The maximum Gasteiger partial charge on any atom is 0.256 e. The molecule has 1 fully saturated rings. The predicted molar refractivity (Wildman–Crippen MR) is 96.3 cm³/mol. The van der Waals surface area contributed by atoms with Crippen LogP contribution in [0.3, 0.4) is 0 Å². The summed E-state index contributed by atoms with van der Waals surface area (Å²) in [6, 6.07) is 7.47. The van der Waals surface area contributed by atoms with Crippen molar-refractivity contribution in [3.8, 4) is 5.75 Å². The number of carbonyl (C=O) groups is 1. The van der Waals surface area contributed by atoms with Gasteiger partial charge in [-0.25, -0.2) is 0 Å². The van der Waals surface area contributed by atoms with Crippen LogP contribution in [-0.2, 0) is 9.53 Å². The number of anilines is 1. The van der Waals surface area contributed by atoms with E-state index in [1.807, 2.05) is 31.2 Å². The van der Waals surface area contributed by atoms with E-state index in [4.69, 9.17) is 9.47 Å². The Hall–Kier alpha value is -1.07. The third kappa shape index (κ3) is 4.95. The number of rotatable bonds is 7. The number of ether oxygens (including phenoxy) is 2. The van der Waals surface area contributed by atoms with Gasteiger partial charge in [-0.3, -0.25) is 4.79 Å². The maximum atomic E-state index is 12.8. The summed E-state index contributed by atoms with van der Waals surface area (Å²) in [5.41, 5.74) is 0.103. The summed E-state index contributed by atoms with van der Waals surface area (Å²) in [5, 5.41) is 3.80. The fraction of sp³-hybridized carbons (Fsp3) is 0.611. The lowest BCUT2D eigenvalue weighted by molar-refractivity contribution is -0.146. The first-order valence-electron chi connectivity index (χ1n) is 8.34. The van der Waals surface area contributed by atoms with E-state index in [9.17, 15) is 4.79 Å². The minimum absolute atomic E-state index is 0.0274. The Balaban J connectivity index is 2.00. The Bertz CT molecular complexity index is 495. The highest BCUT2D eigenvalue weighted by atomic mass is 79.9. The summed E-state index contributed by atoms with van der Waals surface area (Å²) < 4.78 is 11.4. The molecule has 0 bridgehead atoms. The van der Waals surface area contributed by atoms with Crippen molar-refractivity contribution in [2.24, 2.45) is 5.92 Å². The molecule has 1 aliphatic rings. The van der Waals surface area contributed by atoms with Gasteiger partial charge in [0.05, 0.1) is 6.61 Å². The summed E-state index contributed by atoms with van der Waals surface area (Å²) >= 11 is 3.33. The van der Waals surface area contributed by atoms with Gasteiger partial charge in [0.1, 0.15) is 11.4 Å². The number of carbonyl (C=O) groups excluding carboxylic acids is 1. The van der Waals surface area contributed by atoms with Crippen molar-refractivity contribution in [1.82, 2.24) is 0 Å². The zero-order valence-electron chi connectivity index (χ0n) is 13.9. The van der Waals surface area contributed by atoms with Crippen molar-refractivity contribution in [3.63, 3.8) is 0 Å². The quantitative estimate of drug-likeness (QED) is 0.710. The van der Waals surface area contributed by atoms with E-state index in [2.05, 4.69) is 28.2 Å². The van der Waals surface area contributed by atoms with Gasteiger partial charge in [-0.15, -0.1) is 0 Å². The number of hydrogen-bond donors (Lipinski definition) is 1. The smallest absolute Gasteiger partial charge is 0.256 e. The Morgan fingerprint density at radius 3 is 2.52 bits per heavy atom. The summed E-state index contributed by atoms with van der Waals surface area (Å²) in [4.78, 5) is 12.8. The molecule has 1 N–H and O–H groups in total. The Morgan fingerprint density at radius 2 is 1.96 bits per heavy atom. The molecule has 0 saturated heterocycles. The van der Waals surface area contributed by atoms with Gasteiger partial charge in [0.15, 0.2) is 0 Å². The average Bonchev–Trinajstić information content (AvgIpc) is 2.56. The predicted octanol–water partition coefficient (Wildman–Crippen LogP) is 4.38. The summed E-state index contributed by atoms with van der Waals surface area (Å²) in [7, 11) is 0. The molecule has 5 heteroatoms. The fourth-order valence-corrected chi connectivity index (χ4v) is 3.14. The molecule has 0 spiro atoms. The second-order valence-electron chi connectivity index (χ2n) is 6.13. The van der Waals surface area contributed by atoms with Gasteiger partial charge >= 0.3 is 0 Å². The van der Waals surface area contributed by atoms with Crippen molar-refractivity contribution in [2.45, 2.75) is 45.1 Å². The number of halogens is 1. The molecule has 0 atom stereocenters. The third-order valence-electron chi connectivity index (χ3n) is 4.37. The number of nitrogens with one attached hydrogen (secondary N) is 1. The number of amides is 1. The molecule has 0 radical (unpaired) electrons. The largest absolute Gasteiger partial charge is 0.493 e. The molecule has 1 aliphatic carbocycles. The zero-order valence-corrected chi connectivity index (χ0v) is 15.5. The van der Waals surface area contributed by atoms with Crippen LogP contribution in [0.15, 0.2) is 24.3 Å². The topological polar surface area (TPSA) is 47.6 Å². The molecular formula is C18H26BrNO3. The van der Waals surface area contributed by atoms with Crippen molar-refractivity contribution in [1.29, 1.82) is 0 Å². The lowest BCUT2D eigenvalue weighted by Crippen LogP contribution is -2.48. The maximum absolute atomic E-state index is 12.8. The van der Waals surface area contributed by atoms with Crippen molar-refractivity contribution < 1.29 is 14.3 Å². The molecule has 1 aromatic carbocycles. The highest BCUT2D eigenvalue weighted by Crippen LogP contribution is 2.35. The van der Waals surface area contributed by atoms with Crippen molar-refractivity contribution in [2.75, 3.05) is 23.9 Å². The van der Waals surface area contributed by atoms with Crippen LogP contribution < -0.4 is 10.1 Å². The van der Waals surface area contributed by atoms with Crippen LogP contribution >= 0.6 is 15.9 Å². The van der Waals surface area contributed by atoms with E-state index in [0.717, 1.165) is 42.5 Å². The van der Waals surface area contributed by atoms with Gasteiger partial charge in [0, 0.05) is 17.6 Å². The molecule has 0 aromatic heterocycles. The van der Waals surface area contributed by atoms with Crippen LogP contribution in [0.5, 0.6) is 5.75 Å². The first-order chi connectivity index (χ1) is 11.1. The molecule has 2 rings (SSSR count). The molecular weight excluding hydrogens is 358 g/mol. The van der Waals surface area contributed by atoms with E-state index in [1.54, 1.807) is 0 Å². The van der Waals surface area contributed by atoms with Crippen LogP contribution in [0.2, 0.25) is 0 Å². The van der Waals surface area contributed by atoms with E-state index < -0.39 is 5.60 Å². The fourth-order valence-electron chi connectivity index (χ4n) is 2.98. The van der Waals surface area contributed by atoms with Crippen LogP contribution in [-0.4, -0.2) is 30.1 Å². The minimum Gasteiger partial charge on any atom is -0.493 e. The van der Waals surface area contributed by atoms with Crippen molar-refractivity contribution >= 4 is 27.5 Å².